The fourth-order valence-corrected chi connectivity index (χ4v) is 3.31. The highest BCUT2D eigenvalue weighted by Crippen LogP contribution is 2.23. The number of hydrogen-bond donors (Lipinski definition) is 1. The first-order valence-electron chi connectivity index (χ1n) is 9.46. The van der Waals surface area contributed by atoms with Gasteiger partial charge in [0.2, 0.25) is 0 Å². The second-order valence-corrected chi connectivity index (χ2v) is 7.07. The third-order valence-corrected chi connectivity index (χ3v) is 4.58. The quantitative estimate of drug-likeness (QED) is 0.401. The zero-order valence-electron chi connectivity index (χ0n) is 16.9. The Balaban J connectivity index is 1.90. The van der Waals surface area contributed by atoms with Gasteiger partial charge in [-0.1, -0.05) is 24.6 Å². The molecule has 0 radical (unpaired) electrons. The molecule has 6 heteroatoms. The predicted octanol–water partition coefficient (Wildman–Crippen LogP) is 4.08. The number of carbonyl (C=O) groups is 2. The van der Waals surface area contributed by atoms with E-state index in [0.29, 0.717) is 17.5 Å². The summed E-state index contributed by atoms with van der Waals surface area (Å²) in [5, 5.41) is 3.22. The van der Waals surface area contributed by atoms with Crippen molar-refractivity contribution in [1.29, 1.82) is 0 Å². The molecule has 1 aromatic heterocycles. The van der Waals surface area contributed by atoms with E-state index in [4.69, 9.17) is 9.15 Å². The normalized spacial score (nSPS) is 10.8. The fourth-order valence-electron chi connectivity index (χ4n) is 3.31. The van der Waals surface area contributed by atoms with E-state index in [1.807, 2.05) is 39.8 Å². The Morgan fingerprint density at radius 1 is 1.03 bits per heavy atom. The van der Waals surface area contributed by atoms with Gasteiger partial charge in [-0.3, -0.25) is 4.79 Å². The first-order valence-corrected chi connectivity index (χ1v) is 9.46. The standard InChI is InChI=1S/C23H23NO5/c1-5-8-24-21(25)18-11-16-6-7-17(12-19(16)29-22(18)26)28-23(27)20-14(3)9-13(2)10-15(20)4/h6-7,9-12H,5,8H2,1-4H3,(H,24,25). The minimum absolute atomic E-state index is 0.0541. The van der Waals surface area contributed by atoms with Crippen molar-refractivity contribution in [2.75, 3.05) is 6.54 Å². The maximum atomic E-state index is 12.6. The zero-order chi connectivity index (χ0) is 21.1. The topological polar surface area (TPSA) is 85.6 Å². The van der Waals surface area contributed by atoms with Crippen molar-refractivity contribution in [2.45, 2.75) is 34.1 Å². The van der Waals surface area contributed by atoms with E-state index in [-0.39, 0.29) is 16.9 Å². The number of esters is 1. The van der Waals surface area contributed by atoms with Crippen molar-refractivity contribution in [3.8, 4) is 5.75 Å². The number of nitrogens with one attached hydrogen (secondary N) is 1. The third-order valence-electron chi connectivity index (χ3n) is 4.58. The van der Waals surface area contributed by atoms with Gasteiger partial charge >= 0.3 is 11.6 Å². The molecule has 0 atom stereocenters. The van der Waals surface area contributed by atoms with E-state index in [2.05, 4.69) is 5.32 Å². The molecule has 0 aliphatic heterocycles. The Labute approximate surface area is 168 Å². The molecule has 3 rings (SSSR count). The highest BCUT2D eigenvalue weighted by Gasteiger charge is 2.17. The van der Waals surface area contributed by atoms with Gasteiger partial charge < -0.3 is 14.5 Å². The predicted molar refractivity (Wildman–Crippen MR) is 111 cm³/mol. The van der Waals surface area contributed by atoms with Gasteiger partial charge in [-0.15, -0.1) is 0 Å². The fraction of sp³-hybridized carbons (Fsp3) is 0.261. The van der Waals surface area contributed by atoms with Crippen LogP contribution in [0, 0.1) is 20.8 Å². The molecule has 1 amide bonds. The van der Waals surface area contributed by atoms with E-state index in [9.17, 15) is 14.4 Å². The maximum Gasteiger partial charge on any atom is 0.349 e. The number of ether oxygens (including phenoxy) is 1. The van der Waals surface area contributed by atoms with Crippen LogP contribution in [0.3, 0.4) is 0 Å². The van der Waals surface area contributed by atoms with Gasteiger partial charge in [-0.2, -0.15) is 0 Å². The van der Waals surface area contributed by atoms with E-state index in [1.165, 1.54) is 12.1 Å². The first kappa shape index (κ1) is 20.3. The van der Waals surface area contributed by atoms with E-state index in [1.54, 1.807) is 12.1 Å². The highest BCUT2D eigenvalue weighted by molar-refractivity contribution is 5.97. The SMILES string of the molecule is CCCNC(=O)c1cc2ccc(OC(=O)c3c(C)cc(C)cc3C)cc2oc1=O. The lowest BCUT2D eigenvalue weighted by Crippen LogP contribution is -2.28. The van der Waals surface area contributed by atoms with Crippen molar-refractivity contribution in [3.63, 3.8) is 0 Å². The van der Waals surface area contributed by atoms with Crippen LogP contribution in [0.1, 0.15) is 50.8 Å². The minimum atomic E-state index is -0.736. The van der Waals surface area contributed by atoms with Gasteiger partial charge in [-0.05, 0) is 56.5 Å². The van der Waals surface area contributed by atoms with Crippen molar-refractivity contribution in [1.82, 2.24) is 5.32 Å². The molecule has 0 aliphatic carbocycles. The highest BCUT2D eigenvalue weighted by atomic mass is 16.5. The van der Waals surface area contributed by atoms with Gasteiger partial charge in [0.25, 0.3) is 5.91 Å². The van der Waals surface area contributed by atoms with Crippen molar-refractivity contribution in [2.24, 2.45) is 0 Å². The summed E-state index contributed by atoms with van der Waals surface area (Å²) in [6.07, 6.45) is 0.763. The van der Waals surface area contributed by atoms with Crippen molar-refractivity contribution >= 4 is 22.8 Å². The van der Waals surface area contributed by atoms with Crippen LogP contribution in [0.2, 0.25) is 0 Å². The van der Waals surface area contributed by atoms with E-state index >= 15 is 0 Å². The lowest BCUT2D eigenvalue weighted by Gasteiger charge is -2.11. The molecule has 0 saturated heterocycles. The summed E-state index contributed by atoms with van der Waals surface area (Å²) in [5.74, 6) is -0.686. The molecule has 0 fully saturated rings. The number of hydrogen-bond acceptors (Lipinski definition) is 5. The summed E-state index contributed by atoms with van der Waals surface area (Å²) in [4.78, 5) is 36.9. The summed E-state index contributed by atoms with van der Waals surface area (Å²) in [7, 11) is 0. The largest absolute Gasteiger partial charge is 0.423 e. The molecule has 0 bridgehead atoms. The molecule has 150 valence electrons. The van der Waals surface area contributed by atoms with Crippen molar-refractivity contribution in [3.05, 3.63) is 74.6 Å². The third kappa shape index (κ3) is 4.37. The summed E-state index contributed by atoms with van der Waals surface area (Å²) in [6.45, 7) is 8.09. The molecule has 0 saturated carbocycles. The lowest BCUT2D eigenvalue weighted by atomic mass is 10.00. The van der Waals surface area contributed by atoms with Gasteiger partial charge in [0.15, 0.2) is 0 Å². The Kier molecular flexibility index (Phi) is 5.82. The molecular weight excluding hydrogens is 370 g/mol. The second-order valence-electron chi connectivity index (χ2n) is 7.07. The summed E-state index contributed by atoms with van der Waals surface area (Å²) in [6, 6.07) is 10.1. The second kappa shape index (κ2) is 8.31. The van der Waals surface area contributed by atoms with Crippen LogP contribution < -0.4 is 15.7 Å². The summed E-state index contributed by atoms with van der Waals surface area (Å²) >= 11 is 0. The Morgan fingerprint density at radius 2 is 1.72 bits per heavy atom. The smallest absolute Gasteiger partial charge is 0.349 e. The van der Waals surface area contributed by atoms with E-state index < -0.39 is 17.5 Å². The zero-order valence-corrected chi connectivity index (χ0v) is 16.9. The molecule has 2 aromatic carbocycles. The average molecular weight is 393 g/mol. The number of rotatable bonds is 5. The lowest BCUT2D eigenvalue weighted by molar-refractivity contribution is 0.0733. The molecule has 1 N–H and O–H groups in total. The van der Waals surface area contributed by atoms with Crippen LogP contribution >= 0.6 is 0 Å². The summed E-state index contributed by atoms with van der Waals surface area (Å²) < 4.78 is 10.8. The monoisotopic (exact) mass is 393 g/mol. The minimum Gasteiger partial charge on any atom is -0.423 e. The van der Waals surface area contributed by atoms with Crippen LogP contribution in [-0.2, 0) is 0 Å². The van der Waals surface area contributed by atoms with Gasteiger partial charge in [0.1, 0.15) is 16.9 Å². The molecule has 0 aliphatic rings. The number of benzene rings is 2. The molecular formula is C23H23NO5. The summed E-state index contributed by atoms with van der Waals surface area (Å²) in [5.41, 5.74) is 2.71. The Hall–Kier alpha value is -3.41. The van der Waals surface area contributed by atoms with Crippen LogP contribution in [0.25, 0.3) is 11.0 Å². The van der Waals surface area contributed by atoms with Gasteiger partial charge in [0, 0.05) is 18.0 Å². The Morgan fingerprint density at radius 3 is 2.38 bits per heavy atom. The van der Waals surface area contributed by atoms with Crippen LogP contribution in [0.5, 0.6) is 5.75 Å². The molecule has 3 aromatic rings. The molecule has 0 unspecified atom stereocenters. The van der Waals surface area contributed by atoms with Crippen LogP contribution in [0.15, 0.2) is 45.6 Å². The first-order chi connectivity index (χ1) is 13.8. The number of carbonyl (C=O) groups excluding carboxylic acids is 2. The number of amides is 1. The maximum absolute atomic E-state index is 12.6. The number of fused-ring (bicyclic) bond motifs is 1. The van der Waals surface area contributed by atoms with Crippen molar-refractivity contribution < 1.29 is 18.7 Å². The Bertz CT molecular complexity index is 1140. The van der Waals surface area contributed by atoms with Gasteiger partial charge in [0.05, 0.1) is 5.56 Å². The van der Waals surface area contributed by atoms with Crippen LogP contribution in [-0.4, -0.2) is 18.4 Å². The van der Waals surface area contributed by atoms with Crippen LogP contribution in [0.4, 0.5) is 0 Å². The molecule has 29 heavy (non-hydrogen) atoms. The molecule has 1 heterocycles. The van der Waals surface area contributed by atoms with Gasteiger partial charge in [-0.25, -0.2) is 9.59 Å². The average Bonchev–Trinajstić information content (AvgIpc) is 2.64. The van der Waals surface area contributed by atoms with E-state index in [0.717, 1.165) is 23.1 Å². The number of aryl methyl sites for hydroxylation is 3. The molecule has 0 spiro atoms. The molecule has 6 nitrogen and oxygen atoms in total.